The van der Waals surface area contributed by atoms with Crippen molar-refractivity contribution in [1.82, 2.24) is 5.32 Å². The molecule has 0 aliphatic carbocycles. The molecule has 1 aromatic carbocycles. The topological polar surface area (TPSA) is 24.4 Å². The van der Waals surface area contributed by atoms with Gasteiger partial charge in [0.15, 0.2) is 5.17 Å². The fourth-order valence-corrected chi connectivity index (χ4v) is 4.69. The summed E-state index contributed by atoms with van der Waals surface area (Å²) in [6.45, 7) is 1.01. The Balaban J connectivity index is 1.53. The summed E-state index contributed by atoms with van der Waals surface area (Å²) in [5.41, 5.74) is 1.37. The van der Waals surface area contributed by atoms with Gasteiger partial charge in [-0.15, -0.1) is 0 Å². The van der Waals surface area contributed by atoms with Gasteiger partial charge < -0.3 is 5.32 Å². The van der Waals surface area contributed by atoms with Crippen LogP contribution in [0.4, 0.5) is 0 Å². The van der Waals surface area contributed by atoms with Crippen LogP contribution in [-0.4, -0.2) is 29.0 Å². The van der Waals surface area contributed by atoms with Crippen LogP contribution in [-0.2, 0) is 0 Å². The molecule has 0 aromatic heterocycles. The highest BCUT2D eigenvalue weighted by molar-refractivity contribution is 8.14. The lowest BCUT2D eigenvalue weighted by Gasteiger charge is -2.19. The van der Waals surface area contributed by atoms with Gasteiger partial charge in [0.25, 0.3) is 0 Å². The molecule has 2 nitrogen and oxygen atoms in total. The fraction of sp³-hybridized carbons (Fsp3) is 0.533. The largest absolute Gasteiger partial charge is 0.357 e. The maximum Gasteiger partial charge on any atom is 0.157 e. The average Bonchev–Trinajstić information content (AvgIpc) is 2.96. The summed E-state index contributed by atoms with van der Waals surface area (Å²) in [5, 5.41) is 4.70. The molecule has 4 heteroatoms. The molecule has 2 aliphatic heterocycles. The number of benzene rings is 1. The van der Waals surface area contributed by atoms with Crippen molar-refractivity contribution < 1.29 is 0 Å². The maximum atomic E-state index is 4.78. The number of hydrogen-bond donors (Lipinski definition) is 1. The normalized spacial score (nSPS) is 26.5. The Morgan fingerprint density at radius 3 is 2.74 bits per heavy atom. The number of rotatable bonds is 3. The number of nitrogens with one attached hydrogen (secondary N) is 1. The monoisotopic (exact) mass is 292 g/mol. The number of aliphatic imine (C=N–C) groups is 1. The molecule has 0 amide bonds. The molecule has 1 N–H and O–H groups in total. The van der Waals surface area contributed by atoms with E-state index in [0.29, 0.717) is 6.04 Å². The quantitative estimate of drug-likeness (QED) is 0.922. The highest BCUT2D eigenvalue weighted by Gasteiger charge is 2.22. The zero-order valence-corrected chi connectivity index (χ0v) is 12.7. The molecule has 2 fully saturated rings. The third-order valence-electron chi connectivity index (χ3n) is 3.72. The van der Waals surface area contributed by atoms with E-state index in [1.54, 1.807) is 0 Å². The Morgan fingerprint density at radius 1 is 1.16 bits per heavy atom. The van der Waals surface area contributed by atoms with E-state index in [1.165, 1.54) is 29.9 Å². The number of hydrogen-bond acceptors (Lipinski definition) is 3. The molecular formula is C15H20N2S2. The predicted octanol–water partition coefficient (Wildman–Crippen LogP) is 3.56. The Kier molecular flexibility index (Phi) is 4.72. The van der Waals surface area contributed by atoms with E-state index in [9.17, 15) is 0 Å². The third kappa shape index (κ3) is 3.69. The zero-order chi connectivity index (χ0) is 12.9. The molecule has 2 aliphatic rings. The summed E-state index contributed by atoms with van der Waals surface area (Å²) in [5.74, 6) is 4.56. The first-order valence-corrected chi connectivity index (χ1v) is 9.12. The molecule has 2 heterocycles. The highest BCUT2D eigenvalue weighted by atomic mass is 32.2. The fourth-order valence-electron chi connectivity index (χ4n) is 2.49. The summed E-state index contributed by atoms with van der Waals surface area (Å²) in [6, 6.07) is 11.1. The van der Waals surface area contributed by atoms with Crippen molar-refractivity contribution in [2.45, 2.75) is 18.9 Å². The third-order valence-corrected chi connectivity index (χ3v) is 5.79. The second-order valence-electron chi connectivity index (χ2n) is 5.12. The average molecular weight is 292 g/mol. The molecule has 102 valence electrons. The van der Waals surface area contributed by atoms with Crippen LogP contribution in [0.25, 0.3) is 0 Å². The molecule has 2 saturated heterocycles. The van der Waals surface area contributed by atoms with E-state index in [1.807, 2.05) is 11.8 Å². The van der Waals surface area contributed by atoms with Crippen molar-refractivity contribution in [3.63, 3.8) is 0 Å². The zero-order valence-electron chi connectivity index (χ0n) is 11.0. The molecule has 0 radical (unpaired) electrons. The van der Waals surface area contributed by atoms with Crippen molar-refractivity contribution in [3.8, 4) is 0 Å². The van der Waals surface area contributed by atoms with Gasteiger partial charge in [-0.05, 0) is 35.8 Å². The van der Waals surface area contributed by atoms with Crippen molar-refractivity contribution in [3.05, 3.63) is 35.9 Å². The van der Waals surface area contributed by atoms with Crippen LogP contribution in [0.3, 0.4) is 0 Å². The van der Waals surface area contributed by atoms with Crippen molar-refractivity contribution in [1.29, 1.82) is 0 Å². The number of thioether (sulfide) groups is 2. The van der Waals surface area contributed by atoms with E-state index in [2.05, 4.69) is 47.4 Å². The SMILES string of the molecule is c1ccc(C2CSC(=NCC3CCSCC3)N2)cc1. The lowest BCUT2D eigenvalue weighted by atomic mass is 10.0. The van der Waals surface area contributed by atoms with E-state index < -0.39 is 0 Å². The molecule has 3 rings (SSSR count). The van der Waals surface area contributed by atoms with E-state index in [4.69, 9.17) is 4.99 Å². The maximum absolute atomic E-state index is 4.78. The van der Waals surface area contributed by atoms with Gasteiger partial charge in [0, 0.05) is 12.3 Å². The van der Waals surface area contributed by atoms with Crippen LogP contribution < -0.4 is 5.32 Å². The predicted molar refractivity (Wildman–Crippen MR) is 87.1 cm³/mol. The molecule has 0 bridgehead atoms. The summed E-state index contributed by atoms with van der Waals surface area (Å²) in [6.07, 6.45) is 2.68. The summed E-state index contributed by atoms with van der Waals surface area (Å²) in [4.78, 5) is 4.78. The smallest absolute Gasteiger partial charge is 0.157 e. The van der Waals surface area contributed by atoms with E-state index >= 15 is 0 Å². The van der Waals surface area contributed by atoms with E-state index in [0.717, 1.165) is 23.4 Å². The van der Waals surface area contributed by atoms with Crippen LogP contribution in [0.2, 0.25) is 0 Å². The van der Waals surface area contributed by atoms with Gasteiger partial charge in [0.1, 0.15) is 0 Å². The minimum Gasteiger partial charge on any atom is -0.357 e. The second kappa shape index (κ2) is 6.71. The van der Waals surface area contributed by atoms with Crippen LogP contribution in [0.5, 0.6) is 0 Å². The Labute approximate surface area is 123 Å². The molecule has 0 spiro atoms. The summed E-state index contributed by atoms with van der Waals surface area (Å²) < 4.78 is 0. The first-order valence-electron chi connectivity index (χ1n) is 6.98. The minimum atomic E-state index is 0.437. The van der Waals surface area contributed by atoms with Crippen LogP contribution in [0.1, 0.15) is 24.4 Å². The van der Waals surface area contributed by atoms with Crippen molar-refractivity contribution in [2.75, 3.05) is 23.8 Å². The van der Waals surface area contributed by atoms with E-state index in [-0.39, 0.29) is 0 Å². The summed E-state index contributed by atoms with van der Waals surface area (Å²) in [7, 11) is 0. The van der Waals surface area contributed by atoms with Crippen LogP contribution >= 0.6 is 23.5 Å². The molecule has 1 unspecified atom stereocenters. The number of nitrogens with zero attached hydrogens (tertiary/aromatic N) is 1. The van der Waals surface area contributed by atoms with Crippen LogP contribution in [0, 0.1) is 5.92 Å². The second-order valence-corrected chi connectivity index (χ2v) is 7.35. The van der Waals surface area contributed by atoms with Gasteiger partial charge in [-0.2, -0.15) is 11.8 Å². The molecular weight excluding hydrogens is 272 g/mol. The first kappa shape index (κ1) is 13.4. The standard InChI is InChI=1S/C15H20N2S2/c1-2-4-13(5-3-1)14-11-19-15(17-14)16-10-12-6-8-18-9-7-12/h1-5,12,14H,6-11H2,(H,16,17). The number of amidine groups is 1. The van der Waals surface area contributed by atoms with Gasteiger partial charge in [-0.1, -0.05) is 42.1 Å². The molecule has 1 aromatic rings. The lowest BCUT2D eigenvalue weighted by molar-refractivity contribution is 0.503. The summed E-state index contributed by atoms with van der Waals surface area (Å²) >= 11 is 3.95. The molecule has 1 atom stereocenters. The Morgan fingerprint density at radius 2 is 1.95 bits per heavy atom. The minimum absolute atomic E-state index is 0.437. The van der Waals surface area contributed by atoms with Gasteiger partial charge in [0.05, 0.1) is 6.04 Å². The Hall–Kier alpha value is -0.610. The Bertz CT molecular complexity index is 427. The van der Waals surface area contributed by atoms with Gasteiger partial charge >= 0.3 is 0 Å². The van der Waals surface area contributed by atoms with Gasteiger partial charge in [0.2, 0.25) is 0 Å². The highest BCUT2D eigenvalue weighted by Crippen LogP contribution is 2.27. The lowest BCUT2D eigenvalue weighted by Crippen LogP contribution is -2.20. The van der Waals surface area contributed by atoms with Crippen molar-refractivity contribution >= 4 is 28.7 Å². The molecule has 19 heavy (non-hydrogen) atoms. The van der Waals surface area contributed by atoms with Gasteiger partial charge in [-0.3, -0.25) is 4.99 Å². The van der Waals surface area contributed by atoms with Crippen LogP contribution in [0.15, 0.2) is 35.3 Å². The van der Waals surface area contributed by atoms with Crippen molar-refractivity contribution in [2.24, 2.45) is 10.9 Å². The van der Waals surface area contributed by atoms with Gasteiger partial charge in [-0.25, -0.2) is 0 Å². The first-order chi connectivity index (χ1) is 9.42. The molecule has 0 saturated carbocycles.